The summed E-state index contributed by atoms with van der Waals surface area (Å²) in [6.07, 6.45) is 8.79. The summed E-state index contributed by atoms with van der Waals surface area (Å²) in [4.78, 5) is 15.9. The second kappa shape index (κ2) is 9.02. The number of nitrogens with one attached hydrogen (secondary N) is 1. The number of carbonyl (C=O) groups is 1. The molecule has 1 saturated carbocycles. The van der Waals surface area contributed by atoms with Crippen molar-refractivity contribution in [1.29, 1.82) is 0 Å². The summed E-state index contributed by atoms with van der Waals surface area (Å²) in [6, 6.07) is 7.53. The second-order valence-corrected chi connectivity index (χ2v) is 5.81. The van der Waals surface area contributed by atoms with E-state index in [2.05, 4.69) is 10.3 Å². The normalized spacial score (nSPS) is 14.8. The Morgan fingerprint density at radius 3 is 2.80 bits per heavy atom. The van der Waals surface area contributed by atoms with Crippen molar-refractivity contribution in [3.05, 3.63) is 67.1 Å². The largest absolute Gasteiger partial charge is 0.463 e. The van der Waals surface area contributed by atoms with E-state index >= 15 is 0 Å². The van der Waals surface area contributed by atoms with Crippen molar-refractivity contribution in [3.8, 4) is 0 Å². The number of nitrogens with zero attached hydrogens (tertiary/aromatic N) is 1. The first-order valence-corrected chi connectivity index (χ1v) is 8.36. The number of anilines is 1. The third-order valence-electron chi connectivity index (χ3n) is 3.63. The van der Waals surface area contributed by atoms with Crippen molar-refractivity contribution in [2.75, 3.05) is 31.7 Å². The molecule has 129 valence electrons. The summed E-state index contributed by atoms with van der Waals surface area (Å²) in [5, 5.41) is 4.99. The van der Waals surface area contributed by atoms with Gasteiger partial charge in [-0.2, -0.15) is 0 Å². The number of rotatable bonds is 8. The molecule has 0 spiro atoms. The summed E-state index contributed by atoms with van der Waals surface area (Å²) < 4.78 is 10.6. The second-order valence-electron chi connectivity index (χ2n) is 5.37. The van der Waals surface area contributed by atoms with Gasteiger partial charge in [-0.1, -0.05) is 11.6 Å². The highest BCUT2D eigenvalue weighted by Crippen LogP contribution is 2.24. The van der Waals surface area contributed by atoms with Gasteiger partial charge in [-0.15, -0.1) is 0 Å². The van der Waals surface area contributed by atoms with Gasteiger partial charge in [0.2, 0.25) is 0 Å². The van der Waals surface area contributed by atoms with Gasteiger partial charge in [-0.3, -0.25) is 9.78 Å². The lowest BCUT2D eigenvalue weighted by Gasteiger charge is -2.11. The Bertz CT molecular complexity index is 717. The Balaban J connectivity index is 1.34. The van der Waals surface area contributed by atoms with E-state index in [-0.39, 0.29) is 12.6 Å². The Kier molecular flexibility index (Phi) is 6.48. The summed E-state index contributed by atoms with van der Waals surface area (Å²) >= 11 is 5.98. The average Bonchev–Trinajstić information content (AvgIpc) is 3.15. The van der Waals surface area contributed by atoms with Crippen LogP contribution in [0.5, 0.6) is 0 Å². The number of hydrogen-bond donors (Lipinski definition) is 1. The Hall–Kier alpha value is -1.85. The first-order valence-electron chi connectivity index (χ1n) is 7.99. The first-order chi connectivity index (χ1) is 12.2. The summed E-state index contributed by atoms with van der Waals surface area (Å²) in [5.41, 5.74) is 1.82. The summed E-state index contributed by atoms with van der Waals surface area (Å²) in [7, 11) is 0. The highest BCUT2D eigenvalue weighted by Gasteiger charge is 2.25. The molecule has 0 unspecified atom stereocenters. The number of halogens is 1. The lowest BCUT2D eigenvalue weighted by Crippen LogP contribution is -2.18. The fraction of sp³-hybridized carbons (Fsp3) is 0.211. The number of ether oxygens (including phenoxy) is 2. The molecular formula is C19H18ClN2O3. The lowest BCUT2D eigenvalue weighted by molar-refractivity contribution is -0.141. The van der Waals surface area contributed by atoms with Gasteiger partial charge in [0.25, 0.3) is 0 Å². The molecule has 0 atom stereocenters. The molecule has 25 heavy (non-hydrogen) atoms. The molecule has 1 heterocycles. The van der Waals surface area contributed by atoms with E-state index in [0.29, 0.717) is 30.7 Å². The minimum Gasteiger partial charge on any atom is -0.463 e. The molecule has 1 aromatic carbocycles. The van der Waals surface area contributed by atoms with Crippen molar-refractivity contribution in [2.24, 2.45) is 0 Å². The minimum absolute atomic E-state index is 0.237. The molecule has 5 radical (unpaired) electrons. The maximum atomic E-state index is 11.6. The van der Waals surface area contributed by atoms with Crippen molar-refractivity contribution < 1.29 is 14.3 Å². The number of benzene rings is 1. The molecule has 1 aromatic heterocycles. The van der Waals surface area contributed by atoms with E-state index in [1.165, 1.54) is 0 Å². The maximum Gasteiger partial charge on any atom is 0.313 e. The van der Waals surface area contributed by atoms with Crippen molar-refractivity contribution >= 4 is 34.2 Å². The molecule has 0 aliphatic heterocycles. The zero-order valence-corrected chi connectivity index (χ0v) is 14.3. The highest BCUT2D eigenvalue weighted by molar-refractivity contribution is 6.31. The predicted molar refractivity (Wildman–Crippen MR) is 97.5 cm³/mol. The number of carbonyl (C=O) groups excluding carboxylic acids is 1. The van der Waals surface area contributed by atoms with Crippen LogP contribution in [0.25, 0.3) is 10.9 Å². The van der Waals surface area contributed by atoms with E-state index in [9.17, 15) is 4.79 Å². The molecule has 1 N–H and O–H groups in total. The van der Waals surface area contributed by atoms with E-state index < -0.39 is 0 Å². The van der Waals surface area contributed by atoms with Gasteiger partial charge in [0.05, 0.1) is 24.6 Å². The van der Waals surface area contributed by atoms with Crippen LogP contribution in [0.3, 0.4) is 0 Å². The molecule has 5 nitrogen and oxygen atoms in total. The average molecular weight is 358 g/mol. The van der Waals surface area contributed by atoms with Gasteiger partial charge in [-0.25, -0.2) is 0 Å². The van der Waals surface area contributed by atoms with Gasteiger partial charge < -0.3 is 14.8 Å². The van der Waals surface area contributed by atoms with Gasteiger partial charge in [0, 0.05) is 28.8 Å². The van der Waals surface area contributed by atoms with Gasteiger partial charge >= 0.3 is 5.97 Å². The summed E-state index contributed by atoms with van der Waals surface area (Å²) in [5.74, 6) is 0.236. The Morgan fingerprint density at radius 2 is 1.96 bits per heavy atom. The predicted octanol–water partition coefficient (Wildman–Crippen LogP) is 3.27. The third-order valence-corrected chi connectivity index (χ3v) is 3.86. The fourth-order valence-corrected chi connectivity index (χ4v) is 2.59. The van der Waals surface area contributed by atoms with Gasteiger partial charge in [0.15, 0.2) is 0 Å². The van der Waals surface area contributed by atoms with Crippen molar-refractivity contribution in [1.82, 2.24) is 4.98 Å². The van der Waals surface area contributed by atoms with Crippen LogP contribution in [0.4, 0.5) is 5.69 Å². The molecule has 1 aliphatic rings. The fourth-order valence-electron chi connectivity index (χ4n) is 2.42. The van der Waals surface area contributed by atoms with Crippen LogP contribution >= 0.6 is 11.6 Å². The smallest absolute Gasteiger partial charge is 0.313 e. The zero-order chi connectivity index (χ0) is 17.5. The van der Waals surface area contributed by atoms with Crippen molar-refractivity contribution in [3.63, 3.8) is 0 Å². The minimum atomic E-state index is -0.325. The zero-order valence-electron chi connectivity index (χ0n) is 13.6. The molecular weight excluding hydrogens is 340 g/mol. The Labute approximate surface area is 152 Å². The topological polar surface area (TPSA) is 60.5 Å². The van der Waals surface area contributed by atoms with Crippen LogP contribution in [0.2, 0.25) is 5.02 Å². The standard InChI is InChI=1S/C19H18ClN2O3/c20-15-5-6-16-17(7-8-21-18(16)13-15)22-9-10-24-11-12-25-19(23)14-3-1-2-4-14/h1-8,13H,9-12H2,(H,21,22). The number of hydrogen-bond acceptors (Lipinski definition) is 5. The maximum absolute atomic E-state index is 11.6. The van der Waals surface area contributed by atoms with Crippen molar-refractivity contribution in [2.45, 2.75) is 0 Å². The monoisotopic (exact) mass is 357 g/mol. The van der Waals surface area contributed by atoms with E-state index in [0.717, 1.165) is 16.6 Å². The molecule has 1 aliphatic carbocycles. The van der Waals surface area contributed by atoms with Gasteiger partial charge in [-0.05, 0) is 49.9 Å². The quantitative estimate of drug-likeness (QED) is 0.580. The summed E-state index contributed by atoms with van der Waals surface area (Å²) in [6.45, 7) is 1.74. The third kappa shape index (κ3) is 5.06. The molecule has 0 bridgehead atoms. The number of pyridine rings is 1. The number of esters is 1. The molecule has 0 saturated heterocycles. The first kappa shape index (κ1) is 18.0. The Morgan fingerprint density at radius 1 is 1.12 bits per heavy atom. The van der Waals surface area contributed by atoms with Crippen LogP contribution in [0.1, 0.15) is 0 Å². The van der Waals surface area contributed by atoms with Crippen LogP contribution in [-0.2, 0) is 14.3 Å². The van der Waals surface area contributed by atoms with Crippen LogP contribution in [0, 0.1) is 31.6 Å². The lowest BCUT2D eigenvalue weighted by atomic mass is 10.1. The molecule has 2 aromatic rings. The number of fused-ring (bicyclic) bond motifs is 1. The van der Waals surface area contributed by atoms with Crippen LogP contribution in [-0.4, -0.2) is 37.3 Å². The van der Waals surface area contributed by atoms with E-state index in [1.807, 2.05) is 24.3 Å². The molecule has 0 amide bonds. The SMILES string of the molecule is O=C(OCCOCCNc1ccnc2cc(Cl)ccc12)[C]1[CH][CH][CH][CH]1. The molecule has 3 rings (SSSR count). The van der Waals surface area contributed by atoms with Gasteiger partial charge in [0.1, 0.15) is 6.61 Å². The number of aromatic nitrogens is 1. The van der Waals surface area contributed by atoms with E-state index in [1.54, 1.807) is 31.9 Å². The molecule has 1 fully saturated rings. The van der Waals surface area contributed by atoms with Crippen LogP contribution in [0.15, 0.2) is 30.5 Å². The highest BCUT2D eigenvalue weighted by atomic mass is 35.5. The van der Waals surface area contributed by atoms with E-state index in [4.69, 9.17) is 21.1 Å². The molecule has 6 heteroatoms. The van der Waals surface area contributed by atoms with Crippen LogP contribution < -0.4 is 5.32 Å².